The Morgan fingerprint density at radius 3 is 2.74 bits per heavy atom. The highest BCUT2D eigenvalue weighted by Gasteiger charge is 2.32. The summed E-state index contributed by atoms with van der Waals surface area (Å²) in [5, 5.41) is 0. The number of aromatic nitrogens is 1. The fourth-order valence-corrected chi connectivity index (χ4v) is 3.07. The molecule has 1 aliphatic carbocycles. The van der Waals surface area contributed by atoms with E-state index in [0.29, 0.717) is 23.4 Å². The molecule has 0 amide bonds. The van der Waals surface area contributed by atoms with E-state index in [4.69, 9.17) is 10.5 Å². The van der Waals surface area contributed by atoms with Crippen molar-refractivity contribution in [1.82, 2.24) is 4.98 Å². The van der Waals surface area contributed by atoms with Crippen molar-refractivity contribution in [3.05, 3.63) is 17.8 Å². The van der Waals surface area contributed by atoms with Gasteiger partial charge in [0.05, 0.1) is 5.69 Å². The zero-order valence-electron chi connectivity index (χ0n) is 12.5. The number of hydrogen-bond donors (Lipinski definition) is 1. The molecule has 3 heteroatoms. The number of rotatable bonds is 3. The number of hydrogen-bond acceptors (Lipinski definition) is 3. The maximum atomic E-state index is 6.15. The Hall–Kier alpha value is -1.25. The van der Waals surface area contributed by atoms with Crippen LogP contribution < -0.4 is 10.5 Å². The minimum Gasteiger partial charge on any atom is -0.473 e. The molecule has 2 rings (SSSR count). The van der Waals surface area contributed by atoms with Gasteiger partial charge in [-0.2, -0.15) is 0 Å². The minimum atomic E-state index is 0.251. The van der Waals surface area contributed by atoms with E-state index in [1.54, 1.807) is 0 Å². The number of ether oxygens (including phenoxy) is 1. The summed E-state index contributed by atoms with van der Waals surface area (Å²) in [6.45, 7) is 8.86. The number of nitrogens with two attached hydrogens (primary N) is 1. The van der Waals surface area contributed by atoms with E-state index in [-0.39, 0.29) is 6.10 Å². The molecule has 106 valence electrons. The second kappa shape index (κ2) is 5.81. The van der Waals surface area contributed by atoms with Crippen LogP contribution in [0.2, 0.25) is 0 Å². The second-order valence-electron chi connectivity index (χ2n) is 6.39. The Morgan fingerprint density at radius 1 is 1.37 bits per heavy atom. The molecule has 19 heavy (non-hydrogen) atoms. The second-order valence-corrected chi connectivity index (χ2v) is 6.39. The SMILES string of the molecule is Cc1cnc(OC2CC(C)CCC2C(C)C)c(N)c1. The third-order valence-corrected chi connectivity index (χ3v) is 4.24. The van der Waals surface area contributed by atoms with Crippen LogP contribution >= 0.6 is 0 Å². The molecule has 0 bridgehead atoms. The molecule has 3 unspecified atom stereocenters. The summed E-state index contributed by atoms with van der Waals surface area (Å²) in [5.41, 5.74) is 7.73. The Labute approximate surface area is 116 Å². The van der Waals surface area contributed by atoms with E-state index in [0.717, 1.165) is 17.9 Å². The van der Waals surface area contributed by atoms with Gasteiger partial charge in [-0.15, -0.1) is 0 Å². The number of anilines is 1. The summed E-state index contributed by atoms with van der Waals surface area (Å²) in [5.74, 6) is 2.59. The third kappa shape index (κ3) is 3.40. The van der Waals surface area contributed by atoms with Crippen molar-refractivity contribution >= 4 is 5.69 Å². The van der Waals surface area contributed by atoms with Crippen LogP contribution in [-0.2, 0) is 0 Å². The number of nitrogens with zero attached hydrogens (tertiary/aromatic N) is 1. The van der Waals surface area contributed by atoms with Gasteiger partial charge in [-0.3, -0.25) is 0 Å². The van der Waals surface area contributed by atoms with Crippen LogP contribution in [0, 0.1) is 24.7 Å². The van der Waals surface area contributed by atoms with Gasteiger partial charge in [0.25, 0.3) is 0 Å². The fourth-order valence-electron chi connectivity index (χ4n) is 3.07. The number of aryl methyl sites for hydroxylation is 1. The predicted molar refractivity (Wildman–Crippen MR) is 79.1 cm³/mol. The van der Waals surface area contributed by atoms with E-state index in [9.17, 15) is 0 Å². The molecule has 0 saturated heterocycles. The highest BCUT2D eigenvalue weighted by Crippen LogP contribution is 2.36. The number of pyridine rings is 1. The summed E-state index contributed by atoms with van der Waals surface area (Å²) in [4.78, 5) is 4.34. The Morgan fingerprint density at radius 2 is 2.11 bits per heavy atom. The van der Waals surface area contributed by atoms with E-state index in [1.807, 2.05) is 19.2 Å². The summed E-state index contributed by atoms with van der Waals surface area (Å²) < 4.78 is 6.15. The Kier molecular flexibility index (Phi) is 4.33. The normalized spacial score (nSPS) is 27.5. The predicted octanol–water partition coefficient (Wildman–Crippen LogP) is 3.81. The first-order valence-electron chi connectivity index (χ1n) is 7.36. The van der Waals surface area contributed by atoms with Crippen molar-refractivity contribution in [3.63, 3.8) is 0 Å². The molecule has 0 aliphatic heterocycles. The van der Waals surface area contributed by atoms with E-state index >= 15 is 0 Å². The van der Waals surface area contributed by atoms with Crippen molar-refractivity contribution in [2.45, 2.75) is 53.1 Å². The van der Waals surface area contributed by atoms with Crippen LogP contribution in [0.5, 0.6) is 5.88 Å². The van der Waals surface area contributed by atoms with Crippen LogP contribution in [0.3, 0.4) is 0 Å². The first-order chi connectivity index (χ1) is 8.97. The molecular weight excluding hydrogens is 236 g/mol. The highest BCUT2D eigenvalue weighted by molar-refractivity contribution is 5.49. The summed E-state index contributed by atoms with van der Waals surface area (Å²) >= 11 is 0. The van der Waals surface area contributed by atoms with Gasteiger partial charge in [0.2, 0.25) is 5.88 Å². The van der Waals surface area contributed by atoms with Gasteiger partial charge >= 0.3 is 0 Å². The molecule has 3 atom stereocenters. The quantitative estimate of drug-likeness (QED) is 0.901. The van der Waals surface area contributed by atoms with Gasteiger partial charge in [-0.1, -0.05) is 27.2 Å². The van der Waals surface area contributed by atoms with Crippen molar-refractivity contribution < 1.29 is 4.74 Å². The standard InChI is InChI=1S/C16H26N2O/c1-10(2)13-6-5-11(3)8-15(13)19-16-14(17)7-12(4)9-18-16/h7,9-11,13,15H,5-6,8,17H2,1-4H3. The Bertz CT molecular complexity index is 431. The van der Waals surface area contributed by atoms with Crippen LogP contribution in [0.4, 0.5) is 5.69 Å². The van der Waals surface area contributed by atoms with Crippen molar-refractivity contribution in [3.8, 4) is 5.88 Å². The van der Waals surface area contributed by atoms with Crippen LogP contribution in [0.1, 0.15) is 45.6 Å². The molecule has 1 aliphatic rings. The molecule has 1 aromatic heterocycles. The molecule has 0 spiro atoms. The van der Waals surface area contributed by atoms with E-state index < -0.39 is 0 Å². The van der Waals surface area contributed by atoms with Crippen LogP contribution in [0.25, 0.3) is 0 Å². The molecule has 1 fully saturated rings. The Balaban J connectivity index is 2.14. The molecule has 2 N–H and O–H groups in total. The topological polar surface area (TPSA) is 48.1 Å². The lowest BCUT2D eigenvalue weighted by Crippen LogP contribution is -2.36. The lowest BCUT2D eigenvalue weighted by atomic mass is 9.75. The molecule has 3 nitrogen and oxygen atoms in total. The van der Waals surface area contributed by atoms with Gasteiger partial charge in [-0.25, -0.2) is 4.98 Å². The first-order valence-corrected chi connectivity index (χ1v) is 7.36. The maximum Gasteiger partial charge on any atom is 0.237 e. The van der Waals surface area contributed by atoms with Crippen molar-refractivity contribution in [2.75, 3.05) is 5.73 Å². The van der Waals surface area contributed by atoms with Gasteiger partial charge in [0.1, 0.15) is 6.10 Å². The molecule has 1 aromatic rings. The monoisotopic (exact) mass is 262 g/mol. The van der Waals surface area contributed by atoms with Crippen molar-refractivity contribution in [1.29, 1.82) is 0 Å². The summed E-state index contributed by atoms with van der Waals surface area (Å²) in [6, 6.07) is 1.93. The molecule has 1 heterocycles. The van der Waals surface area contributed by atoms with Gasteiger partial charge in [-0.05, 0) is 49.1 Å². The fraction of sp³-hybridized carbons (Fsp3) is 0.688. The van der Waals surface area contributed by atoms with Gasteiger partial charge in [0.15, 0.2) is 0 Å². The highest BCUT2D eigenvalue weighted by atomic mass is 16.5. The van der Waals surface area contributed by atoms with Gasteiger partial charge in [0, 0.05) is 6.20 Å². The lowest BCUT2D eigenvalue weighted by molar-refractivity contribution is 0.0432. The van der Waals surface area contributed by atoms with Crippen molar-refractivity contribution in [2.24, 2.45) is 17.8 Å². The summed E-state index contributed by atoms with van der Waals surface area (Å²) in [6.07, 6.45) is 5.73. The molecule has 1 saturated carbocycles. The first kappa shape index (κ1) is 14.2. The van der Waals surface area contributed by atoms with Crippen LogP contribution in [-0.4, -0.2) is 11.1 Å². The zero-order valence-corrected chi connectivity index (χ0v) is 12.5. The largest absolute Gasteiger partial charge is 0.473 e. The smallest absolute Gasteiger partial charge is 0.237 e. The number of nitrogen functional groups attached to an aromatic ring is 1. The zero-order chi connectivity index (χ0) is 14.0. The molecular formula is C16H26N2O. The lowest BCUT2D eigenvalue weighted by Gasteiger charge is -2.37. The maximum absolute atomic E-state index is 6.15. The molecule has 0 aromatic carbocycles. The average Bonchev–Trinajstić information content (AvgIpc) is 2.32. The third-order valence-electron chi connectivity index (χ3n) is 4.24. The van der Waals surface area contributed by atoms with Gasteiger partial charge < -0.3 is 10.5 Å². The van der Waals surface area contributed by atoms with E-state index in [2.05, 4.69) is 25.8 Å². The molecule has 0 radical (unpaired) electrons. The summed E-state index contributed by atoms with van der Waals surface area (Å²) in [7, 11) is 0. The average molecular weight is 262 g/mol. The minimum absolute atomic E-state index is 0.251. The van der Waals surface area contributed by atoms with E-state index in [1.165, 1.54) is 12.8 Å². The van der Waals surface area contributed by atoms with Crippen LogP contribution in [0.15, 0.2) is 12.3 Å².